The molecular weight excluding hydrogens is 456 g/mol. The molecule has 3 unspecified atom stereocenters. The third-order valence-electron chi connectivity index (χ3n) is 6.70. The summed E-state index contributed by atoms with van der Waals surface area (Å²) < 4.78 is 7.78. The highest BCUT2D eigenvalue weighted by atomic mass is 32.2. The molecule has 4 heterocycles. The van der Waals surface area contributed by atoms with E-state index in [9.17, 15) is 14.9 Å². The van der Waals surface area contributed by atoms with E-state index in [0.29, 0.717) is 33.2 Å². The minimum Gasteiger partial charge on any atom is -0.376 e. The molecule has 7 nitrogen and oxygen atoms in total. The highest BCUT2D eigenvalue weighted by Crippen LogP contribution is 2.37. The molecule has 33 heavy (non-hydrogen) atoms. The van der Waals surface area contributed by atoms with Gasteiger partial charge in [0.1, 0.15) is 21.8 Å². The maximum atomic E-state index is 13.3. The van der Waals surface area contributed by atoms with Gasteiger partial charge in [0, 0.05) is 32.3 Å². The van der Waals surface area contributed by atoms with Crippen LogP contribution in [0.4, 0.5) is 5.82 Å². The molecule has 0 aromatic carbocycles. The normalized spacial score (nSPS) is 27.0. The van der Waals surface area contributed by atoms with Crippen molar-refractivity contribution >= 4 is 46.1 Å². The molecule has 176 valence electrons. The fourth-order valence-electron chi connectivity index (χ4n) is 5.21. The maximum absolute atomic E-state index is 13.3. The lowest BCUT2D eigenvalue weighted by molar-refractivity contribution is -0.123. The zero-order valence-corrected chi connectivity index (χ0v) is 21.2. The van der Waals surface area contributed by atoms with Crippen LogP contribution in [0.3, 0.4) is 0 Å². The Morgan fingerprint density at radius 1 is 1.27 bits per heavy atom. The van der Waals surface area contributed by atoms with E-state index < -0.39 is 0 Å². The van der Waals surface area contributed by atoms with Crippen molar-refractivity contribution in [2.24, 2.45) is 18.9 Å². The number of carbonyl (C=O) groups is 1. The Kier molecular flexibility index (Phi) is 6.99. The summed E-state index contributed by atoms with van der Waals surface area (Å²) in [7, 11) is 1.71. The summed E-state index contributed by atoms with van der Waals surface area (Å²) in [6.07, 6.45) is 4.90. The van der Waals surface area contributed by atoms with Gasteiger partial charge in [0.2, 0.25) is 0 Å². The van der Waals surface area contributed by atoms with Crippen molar-refractivity contribution in [3.05, 3.63) is 31.9 Å². The summed E-state index contributed by atoms with van der Waals surface area (Å²) in [5, 5.41) is 9.68. The Balaban J connectivity index is 1.78. The van der Waals surface area contributed by atoms with Crippen LogP contribution in [0.15, 0.2) is 9.70 Å². The molecule has 1 amide bonds. The summed E-state index contributed by atoms with van der Waals surface area (Å²) in [5.41, 5.74) is 1.15. The number of thioether (sulfide) groups is 1. The fraction of sp³-hybridized carbons (Fsp3) is 0.583. The van der Waals surface area contributed by atoms with Gasteiger partial charge in [-0.2, -0.15) is 5.26 Å². The SMILES string of the molecule is Cc1c(/C=C2/SC(=S)N(CC3CCCO3)C2=O)c(N2CC(C)CC(C)C2)n(C)c(=O)c1C#N. The van der Waals surface area contributed by atoms with Crippen molar-refractivity contribution in [3.8, 4) is 6.07 Å². The van der Waals surface area contributed by atoms with Crippen LogP contribution in [0.25, 0.3) is 6.08 Å². The van der Waals surface area contributed by atoms with Crippen molar-refractivity contribution in [2.75, 3.05) is 31.1 Å². The second kappa shape index (κ2) is 9.61. The van der Waals surface area contributed by atoms with E-state index in [1.54, 1.807) is 23.4 Å². The van der Waals surface area contributed by atoms with Crippen LogP contribution in [0.2, 0.25) is 0 Å². The van der Waals surface area contributed by atoms with Crippen molar-refractivity contribution in [1.29, 1.82) is 5.26 Å². The molecule has 9 heteroatoms. The first-order valence-electron chi connectivity index (χ1n) is 11.5. The molecule has 1 aromatic heterocycles. The van der Waals surface area contributed by atoms with Crippen LogP contribution in [0, 0.1) is 30.1 Å². The van der Waals surface area contributed by atoms with Crippen LogP contribution in [-0.4, -0.2) is 52.0 Å². The molecule has 0 aliphatic carbocycles. The number of anilines is 1. The Hall–Kier alpha value is -2.15. The van der Waals surface area contributed by atoms with Gasteiger partial charge in [-0.3, -0.25) is 19.1 Å². The monoisotopic (exact) mass is 486 g/mol. The number of hydrogen-bond donors (Lipinski definition) is 0. The van der Waals surface area contributed by atoms with E-state index in [0.717, 1.165) is 50.3 Å². The summed E-state index contributed by atoms with van der Waals surface area (Å²) in [4.78, 5) is 30.6. The van der Waals surface area contributed by atoms with Gasteiger partial charge in [0.05, 0.1) is 17.6 Å². The van der Waals surface area contributed by atoms with Crippen molar-refractivity contribution in [1.82, 2.24) is 9.47 Å². The standard InChI is InChI=1S/C24H30N4O3S2/c1-14-8-15(2)12-27(11-14)21-18(16(3)19(10-25)22(29)26(21)4)9-20-23(30)28(24(32)33-20)13-17-6-5-7-31-17/h9,14-15,17H,5-8,11-13H2,1-4H3/b20-9+. The van der Waals surface area contributed by atoms with Crippen LogP contribution in [-0.2, 0) is 16.6 Å². The van der Waals surface area contributed by atoms with E-state index in [-0.39, 0.29) is 23.1 Å². The van der Waals surface area contributed by atoms with Crippen LogP contribution in [0.5, 0.6) is 0 Å². The average molecular weight is 487 g/mol. The minimum absolute atomic E-state index is 0.0169. The molecule has 3 saturated heterocycles. The van der Waals surface area contributed by atoms with Gasteiger partial charge in [-0.15, -0.1) is 0 Å². The Morgan fingerprint density at radius 2 is 1.97 bits per heavy atom. The molecule has 0 radical (unpaired) electrons. The topological polar surface area (TPSA) is 78.6 Å². The predicted octanol–water partition coefficient (Wildman–Crippen LogP) is 3.43. The molecule has 3 aliphatic heterocycles. The number of pyridine rings is 1. The zero-order valence-electron chi connectivity index (χ0n) is 19.6. The molecule has 3 fully saturated rings. The van der Waals surface area contributed by atoms with Crippen molar-refractivity contribution < 1.29 is 9.53 Å². The molecule has 0 saturated carbocycles. The molecule has 0 spiro atoms. The van der Waals surface area contributed by atoms with Gasteiger partial charge in [-0.05, 0) is 49.7 Å². The van der Waals surface area contributed by atoms with Crippen LogP contribution >= 0.6 is 24.0 Å². The Bertz CT molecular complexity index is 1100. The third kappa shape index (κ3) is 4.61. The number of nitrogens with zero attached hydrogens (tertiary/aromatic N) is 4. The van der Waals surface area contributed by atoms with E-state index in [2.05, 4.69) is 24.8 Å². The summed E-state index contributed by atoms with van der Waals surface area (Å²) in [6, 6.07) is 2.07. The summed E-state index contributed by atoms with van der Waals surface area (Å²) in [5.74, 6) is 1.59. The van der Waals surface area contributed by atoms with Gasteiger partial charge in [-0.1, -0.05) is 37.8 Å². The lowest BCUT2D eigenvalue weighted by Gasteiger charge is -2.38. The van der Waals surface area contributed by atoms with Gasteiger partial charge in [0.15, 0.2) is 0 Å². The third-order valence-corrected chi connectivity index (χ3v) is 8.07. The zero-order chi connectivity index (χ0) is 23.9. The fourth-order valence-corrected chi connectivity index (χ4v) is 6.47. The summed E-state index contributed by atoms with van der Waals surface area (Å²) in [6.45, 7) is 9.05. The van der Waals surface area contributed by atoms with E-state index in [1.165, 1.54) is 11.8 Å². The number of hydrogen-bond acceptors (Lipinski definition) is 7. The lowest BCUT2D eigenvalue weighted by atomic mass is 9.91. The number of aromatic nitrogens is 1. The van der Waals surface area contributed by atoms with Crippen LogP contribution in [0.1, 0.15) is 49.8 Å². The second-order valence-electron chi connectivity index (χ2n) is 9.49. The maximum Gasteiger partial charge on any atom is 0.270 e. The number of rotatable bonds is 4. The molecule has 0 N–H and O–H groups in total. The van der Waals surface area contributed by atoms with Gasteiger partial charge >= 0.3 is 0 Å². The molecule has 3 aliphatic rings. The van der Waals surface area contributed by atoms with Gasteiger partial charge < -0.3 is 9.64 Å². The first-order valence-corrected chi connectivity index (χ1v) is 12.7. The van der Waals surface area contributed by atoms with Crippen LogP contribution < -0.4 is 10.5 Å². The Labute approximate surface area is 204 Å². The molecule has 4 rings (SSSR count). The highest BCUT2D eigenvalue weighted by molar-refractivity contribution is 8.26. The average Bonchev–Trinajstić information content (AvgIpc) is 3.36. The summed E-state index contributed by atoms with van der Waals surface area (Å²) >= 11 is 6.79. The molecule has 1 aromatic rings. The van der Waals surface area contributed by atoms with E-state index in [4.69, 9.17) is 17.0 Å². The Morgan fingerprint density at radius 3 is 2.58 bits per heavy atom. The van der Waals surface area contributed by atoms with Gasteiger partial charge in [0.25, 0.3) is 11.5 Å². The predicted molar refractivity (Wildman–Crippen MR) is 135 cm³/mol. The number of carbonyl (C=O) groups excluding carboxylic acids is 1. The van der Waals surface area contributed by atoms with Gasteiger partial charge in [-0.25, -0.2) is 0 Å². The molecular formula is C24H30N4O3S2. The van der Waals surface area contributed by atoms with E-state index in [1.807, 2.05) is 6.08 Å². The number of nitriles is 1. The lowest BCUT2D eigenvalue weighted by Crippen LogP contribution is -2.42. The first-order chi connectivity index (χ1) is 15.7. The van der Waals surface area contributed by atoms with Crippen molar-refractivity contribution in [3.63, 3.8) is 0 Å². The quantitative estimate of drug-likeness (QED) is 0.477. The molecule has 0 bridgehead atoms. The number of ether oxygens (including phenoxy) is 1. The minimum atomic E-state index is -0.307. The first kappa shape index (κ1) is 24.0. The van der Waals surface area contributed by atoms with Crippen molar-refractivity contribution in [2.45, 2.75) is 46.1 Å². The largest absolute Gasteiger partial charge is 0.376 e. The number of piperidine rings is 1. The van der Waals surface area contributed by atoms with E-state index >= 15 is 0 Å². The second-order valence-corrected chi connectivity index (χ2v) is 11.2. The highest BCUT2D eigenvalue weighted by Gasteiger charge is 2.36. The smallest absolute Gasteiger partial charge is 0.270 e. The number of amides is 1. The molecule has 3 atom stereocenters. The number of thiocarbonyl (C=S) groups is 1.